The lowest BCUT2D eigenvalue weighted by molar-refractivity contribution is -0.132. The van der Waals surface area contributed by atoms with Crippen LogP contribution in [0.2, 0.25) is 0 Å². The van der Waals surface area contributed by atoms with Crippen LogP contribution in [0.5, 0.6) is 0 Å². The third-order valence-electron chi connectivity index (χ3n) is 3.83. The first-order valence-corrected chi connectivity index (χ1v) is 8.64. The van der Waals surface area contributed by atoms with Gasteiger partial charge in [0.1, 0.15) is 0 Å². The molecule has 1 heterocycles. The van der Waals surface area contributed by atoms with E-state index in [0.29, 0.717) is 26.2 Å². The van der Waals surface area contributed by atoms with E-state index in [1.165, 1.54) is 5.69 Å². The summed E-state index contributed by atoms with van der Waals surface area (Å²) in [6.45, 7) is 11.0. The van der Waals surface area contributed by atoms with Crippen molar-refractivity contribution in [1.29, 1.82) is 0 Å². The summed E-state index contributed by atoms with van der Waals surface area (Å²) in [5, 5.41) is 0. The van der Waals surface area contributed by atoms with Gasteiger partial charge in [-0.05, 0) is 24.6 Å². The predicted octanol–water partition coefficient (Wildman–Crippen LogP) is 2.25. The summed E-state index contributed by atoms with van der Waals surface area (Å²) in [6, 6.07) is 8.34. The second kappa shape index (κ2) is 11.0. The lowest BCUT2D eigenvalue weighted by atomic mass is 10.2. The highest BCUT2D eigenvalue weighted by Crippen LogP contribution is 2.17. The Morgan fingerprint density at radius 1 is 1.13 bits per heavy atom. The van der Waals surface area contributed by atoms with Crippen molar-refractivity contribution >= 4 is 11.6 Å². The van der Waals surface area contributed by atoms with Gasteiger partial charge in [-0.2, -0.15) is 0 Å². The van der Waals surface area contributed by atoms with Crippen molar-refractivity contribution in [2.24, 2.45) is 5.73 Å². The quantitative estimate of drug-likeness (QED) is 0.817. The fourth-order valence-corrected chi connectivity index (χ4v) is 2.52. The van der Waals surface area contributed by atoms with Crippen molar-refractivity contribution in [1.82, 2.24) is 4.90 Å². The maximum absolute atomic E-state index is 12.0. The van der Waals surface area contributed by atoms with Crippen LogP contribution in [0.15, 0.2) is 24.3 Å². The number of ether oxygens (including phenoxy) is 1. The summed E-state index contributed by atoms with van der Waals surface area (Å²) in [5.41, 5.74) is 7.96. The normalized spacial score (nSPS) is 14.3. The molecule has 23 heavy (non-hydrogen) atoms. The van der Waals surface area contributed by atoms with Crippen LogP contribution < -0.4 is 10.6 Å². The number of nitrogens with zero attached hydrogens (tertiary/aromatic N) is 2. The molecule has 0 radical (unpaired) electrons. The van der Waals surface area contributed by atoms with Crippen molar-refractivity contribution < 1.29 is 9.53 Å². The molecule has 0 spiro atoms. The highest BCUT2D eigenvalue weighted by atomic mass is 16.5. The molecule has 0 unspecified atom stereocenters. The van der Waals surface area contributed by atoms with Crippen molar-refractivity contribution in [3.63, 3.8) is 0 Å². The summed E-state index contributed by atoms with van der Waals surface area (Å²) in [4.78, 5) is 16.3. The molecule has 5 heteroatoms. The summed E-state index contributed by atoms with van der Waals surface area (Å²) in [5.74, 6) is 0.196. The van der Waals surface area contributed by atoms with Crippen LogP contribution in [-0.4, -0.2) is 50.2 Å². The number of amides is 1. The van der Waals surface area contributed by atoms with E-state index in [4.69, 9.17) is 10.5 Å². The van der Waals surface area contributed by atoms with Crippen LogP contribution in [0.4, 0.5) is 5.69 Å². The SMILES string of the molecule is CC.CCOCCC(=O)N1CCN(c2ccc(CN)cc2)CC1. The monoisotopic (exact) mass is 321 g/mol. The smallest absolute Gasteiger partial charge is 0.225 e. The third-order valence-corrected chi connectivity index (χ3v) is 3.83. The van der Waals surface area contributed by atoms with E-state index >= 15 is 0 Å². The van der Waals surface area contributed by atoms with E-state index in [1.54, 1.807) is 0 Å². The lowest BCUT2D eigenvalue weighted by Crippen LogP contribution is -2.49. The first-order chi connectivity index (χ1) is 11.2. The van der Waals surface area contributed by atoms with E-state index in [-0.39, 0.29) is 5.91 Å². The predicted molar refractivity (Wildman–Crippen MR) is 95.6 cm³/mol. The van der Waals surface area contributed by atoms with Crippen LogP contribution in [0.25, 0.3) is 0 Å². The molecule has 0 bridgehead atoms. The minimum absolute atomic E-state index is 0.196. The zero-order valence-electron chi connectivity index (χ0n) is 14.8. The number of anilines is 1. The molecule has 1 aliphatic rings. The molecule has 130 valence electrons. The number of benzene rings is 1. The summed E-state index contributed by atoms with van der Waals surface area (Å²) < 4.78 is 5.24. The van der Waals surface area contributed by atoms with Gasteiger partial charge in [0.2, 0.25) is 5.91 Å². The van der Waals surface area contributed by atoms with Crippen LogP contribution in [0, 0.1) is 0 Å². The summed E-state index contributed by atoms with van der Waals surface area (Å²) in [6.07, 6.45) is 0.485. The minimum Gasteiger partial charge on any atom is -0.381 e. The Bertz CT molecular complexity index is 440. The van der Waals surface area contributed by atoms with Gasteiger partial charge in [-0.1, -0.05) is 26.0 Å². The molecule has 0 atom stereocenters. The Morgan fingerprint density at radius 3 is 2.26 bits per heavy atom. The Balaban J connectivity index is 0.00000127. The number of carbonyl (C=O) groups excluding carboxylic acids is 1. The second-order valence-corrected chi connectivity index (χ2v) is 5.19. The van der Waals surface area contributed by atoms with Gasteiger partial charge in [0, 0.05) is 45.0 Å². The van der Waals surface area contributed by atoms with Gasteiger partial charge in [0.25, 0.3) is 0 Å². The van der Waals surface area contributed by atoms with E-state index in [1.807, 2.05) is 25.7 Å². The second-order valence-electron chi connectivity index (χ2n) is 5.19. The fourth-order valence-electron chi connectivity index (χ4n) is 2.52. The lowest BCUT2D eigenvalue weighted by Gasteiger charge is -2.36. The molecule has 1 aromatic rings. The zero-order chi connectivity index (χ0) is 17.1. The average Bonchev–Trinajstić information content (AvgIpc) is 2.64. The molecule has 0 saturated carbocycles. The Labute approximate surface area is 140 Å². The van der Waals surface area contributed by atoms with E-state index in [0.717, 1.165) is 31.7 Å². The molecule has 1 amide bonds. The first kappa shape index (κ1) is 19.5. The molecule has 0 aromatic heterocycles. The van der Waals surface area contributed by atoms with Crippen LogP contribution >= 0.6 is 0 Å². The zero-order valence-corrected chi connectivity index (χ0v) is 14.8. The first-order valence-electron chi connectivity index (χ1n) is 8.64. The van der Waals surface area contributed by atoms with Crippen molar-refractivity contribution in [2.45, 2.75) is 33.7 Å². The average molecular weight is 321 g/mol. The van der Waals surface area contributed by atoms with Gasteiger partial charge in [-0.3, -0.25) is 4.79 Å². The number of hydrogen-bond donors (Lipinski definition) is 1. The van der Waals surface area contributed by atoms with Crippen LogP contribution in [0.1, 0.15) is 32.8 Å². The number of carbonyl (C=O) groups is 1. The van der Waals surface area contributed by atoms with Crippen LogP contribution in [-0.2, 0) is 16.1 Å². The molecular formula is C18H31N3O2. The highest BCUT2D eigenvalue weighted by Gasteiger charge is 2.20. The topological polar surface area (TPSA) is 58.8 Å². The fraction of sp³-hybridized carbons (Fsp3) is 0.611. The van der Waals surface area contributed by atoms with E-state index in [9.17, 15) is 4.79 Å². The number of rotatable bonds is 6. The largest absolute Gasteiger partial charge is 0.381 e. The maximum Gasteiger partial charge on any atom is 0.225 e. The van der Waals surface area contributed by atoms with Crippen molar-refractivity contribution in [2.75, 3.05) is 44.3 Å². The number of piperazine rings is 1. The van der Waals surface area contributed by atoms with Gasteiger partial charge in [-0.25, -0.2) is 0 Å². The van der Waals surface area contributed by atoms with E-state index < -0.39 is 0 Å². The van der Waals surface area contributed by atoms with E-state index in [2.05, 4.69) is 29.2 Å². The minimum atomic E-state index is 0.196. The molecule has 5 nitrogen and oxygen atoms in total. The Hall–Kier alpha value is -1.59. The summed E-state index contributed by atoms with van der Waals surface area (Å²) in [7, 11) is 0. The Morgan fingerprint density at radius 2 is 1.74 bits per heavy atom. The van der Waals surface area contributed by atoms with Gasteiger partial charge in [0.15, 0.2) is 0 Å². The van der Waals surface area contributed by atoms with Crippen LogP contribution in [0.3, 0.4) is 0 Å². The third kappa shape index (κ3) is 6.20. The number of nitrogens with two attached hydrogens (primary N) is 1. The highest BCUT2D eigenvalue weighted by molar-refractivity contribution is 5.76. The molecule has 0 aliphatic carbocycles. The molecule has 1 aromatic carbocycles. The Kier molecular flexibility index (Phi) is 9.33. The summed E-state index contributed by atoms with van der Waals surface area (Å²) >= 11 is 0. The molecular weight excluding hydrogens is 290 g/mol. The molecule has 1 aliphatic heterocycles. The standard InChI is InChI=1S/C16H25N3O2.C2H6/c1-2-21-12-7-16(20)19-10-8-18(9-11-19)15-5-3-14(13-17)4-6-15;1-2/h3-6H,2,7-13,17H2,1H3;1-2H3. The van der Waals surface area contributed by atoms with Crippen molar-refractivity contribution in [3.8, 4) is 0 Å². The number of hydrogen-bond acceptors (Lipinski definition) is 4. The molecule has 2 rings (SSSR count). The van der Waals surface area contributed by atoms with Crippen molar-refractivity contribution in [3.05, 3.63) is 29.8 Å². The molecule has 2 N–H and O–H groups in total. The maximum atomic E-state index is 12.0. The van der Waals surface area contributed by atoms with Gasteiger partial charge >= 0.3 is 0 Å². The van der Waals surface area contributed by atoms with Gasteiger partial charge < -0.3 is 20.3 Å². The molecule has 1 fully saturated rings. The molecule has 1 saturated heterocycles. The van der Waals surface area contributed by atoms with Gasteiger partial charge in [-0.15, -0.1) is 0 Å². The van der Waals surface area contributed by atoms with Gasteiger partial charge in [0.05, 0.1) is 13.0 Å².